The SMILES string of the molecule is N#CC(Nc1ccccc1)c1cncc(Br)c1. The summed E-state index contributed by atoms with van der Waals surface area (Å²) < 4.78 is 0.866. The molecule has 0 aliphatic rings. The van der Waals surface area contributed by atoms with Crippen molar-refractivity contribution >= 4 is 21.6 Å². The molecule has 1 aromatic heterocycles. The van der Waals surface area contributed by atoms with Crippen LogP contribution in [0.25, 0.3) is 0 Å². The normalized spacial score (nSPS) is 11.5. The molecule has 0 radical (unpaired) electrons. The van der Waals surface area contributed by atoms with Gasteiger partial charge < -0.3 is 5.32 Å². The number of nitrogens with zero attached hydrogens (tertiary/aromatic N) is 2. The van der Waals surface area contributed by atoms with E-state index in [2.05, 4.69) is 32.3 Å². The smallest absolute Gasteiger partial charge is 0.141 e. The second-order valence-corrected chi connectivity index (χ2v) is 4.42. The maximum atomic E-state index is 9.18. The Morgan fingerprint density at radius 3 is 2.65 bits per heavy atom. The number of hydrogen-bond acceptors (Lipinski definition) is 3. The summed E-state index contributed by atoms with van der Waals surface area (Å²) in [7, 11) is 0. The molecule has 0 aliphatic heterocycles. The molecule has 1 aromatic carbocycles. The first-order chi connectivity index (χ1) is 8.29. The number of anilines is 1. The van der Waals surface area contributed by atoms with E-state index >= 15 is 0 Å². The Morgan fingerprint density at radius 1 is 1.24 bits per heavy atom. The number of halogens is 1. The second kappa shape index (κ2) is 5.46. The summed E-state index contributed by atoms with van der Waals surface area (Å²) >= 11 is 3.35. The summed E-state index contributed by atoms with van der Waals surface area (Å²) in [6, 6.07) is 13.4. The molecule has 84 valence electrons. The lowest BCUT2D eigenvalue weighted by Crippen LogP contribution is -2.08. The third-order valence-electron chi connectivity index (χ3n) is 2.27. The Balaban J connectivity index is 2.21. The minimum atomic E-state index is -0.401. The number of nitriles is 1. The van der Waals surface area contributed by atoms with Crippen molar-refractivity contribution in [1.82, 2.24) is 4.98 Å². The summed E-state index contributed by atoms with van der Waals surface area (Å²) in [4.78, 5) is 4.06. The molecule has 1 atom stereocenters. The van der Waals surface area contributed by atoms with Crippen LogP contribution in [-0.2, 0) is 0 Å². The number of rotatable bonds is 3. The van der Waals surface area contributed by atoms with Crippen LogP contribution in [0.4, 0.5) is 5.69 Å². The van der Waals surface area contributed by atoms with Crippen LogP contribution in [0.15, 0.2) is 53.3 Å². The van der Waals surface area contributed by atoms with Gasteiger partial charge in [-0.05, 0) is 34.1 Å². The molecule has 0 fully saturated rings. The molecule has 0 aliphatic carbocycles. The van der Waals surface area contributed by atoms with E-state index in [1.165, 1.54) is 0 Å². The van der Waals surface area contributed by atoms with Gasteiger partial charge in [-0.2, -0.15) is 5.26 Å². The highest BCUT2D eigenvalue weighted by molar-refractivity contribution is 9.10. The first kappa shape index (κ1) is 11.6. The fraction of sp³-hybridized carbons (Fsp3) is 0.0769. The standard InChI is InChI=1S/C13H10BrN3/c14-11-6-10(8-16-9-11)13(7-15)17-12-4-2-1-3-5-12/h1-6,8-9,13,17H. The zero-order chi connectivity index (χ0) is 12.1. The first-order valence-corrected chi connectivity index (χ1v) is 5.90. The van der Waals surface area contributed by atoms with Crippen LogP contribution in [0.1, 0.15) is 11.6 Å². The van der Waals surface area contributed by atoms with Crippen molar-refractivity contribution in [1.29, 1.82) is 5.26 Å². The van der Waals surface area contributed by atoms with Gasteiger partial charge in [0.15, 0.2) is 0 Å². The van der Waals surface area contributed by atoms with Gasteiger partial charge in [-0.15, -0.1) is 0 Å². The maximum absolute atomic E-state index is 9.18. The van der Waals surface area contributed by atoms with Crippen LogP contribution in [0.5, 0.6) is 0 Å². The Morgan fingerprint density at radius 2 is 2.00 bits per heavy atom. The molecule has 1 unspecified atom stereocenters. The lowest BCUT2D eigenvalue weighted by atomic mass is 10.1. The molecule has 1 heterocycles. The number of hydrogen-bond donors (Lipinski definition) is 1. The topological polar surface area (TPSA) is 48.7 Å². The third-order valence-corrected chi connectivity index (χ3v) is 2.71. The highest BCUT2D eigenvalue weighted by atomic mass is 79.9. The van der Waals surface area contributed by atoms with Crippen LogP contribution >= 0.6 is 15.9 Å². The average molecular weight is 288 g/mol. The minimum Gasteiger partial charge on any atom is -0.366 e. The van der Waals surface area contributed by atoms with Crippen LogP contribution < -0.4 is 5.32 Å². The molecule has 0 bridgehead atoms. The van der Waals surface area contributed by atoms with Crippen molar-refractivity contribution in [3.63, 3.8) is 0 Å². The summed E-state index contributed by atoms with van der Waals surface area (Å²) in [5, 5.41) is 12.3. The minimum absolute atomic E-state index is 0.401. The molecule has 17 heavy (non-hydrogen) atoms. The van der Waals surface area contributed by atoms with Gasteiger partial charge in [-0.3, -0.25) is 4.98 Å². The third kappa shape index (κ3) is 3.05. The maximum Gasteiger partial charge on any atom is 0.141 e. The van der Waals surface area contributed by atoms with Gasteiger partial charge in [0.2, 0.25) is 0 Å². The van der Waals surface area contributed by atoms with Crippen LogP contribution in [0.3, 0.4) is 0 Å². The molecule has 0 spiro atoms. The predicted octanol–water partition coefficient (Wildman–Crippen LogP) is 3.52. The van der Waals surface area contributed by atoms with Crippen LogP contribution in [0.2, 0.25) is 0 Å². The van der Waals surface area contributed by atoms with E-state index in [9.17, 15) is 5.26 Å². The summed E-state index contributed by atoms with van der Waals surface area (Å²) in [6.07, 6.45) is 3.38. The van der Waals surface area contributed by atoms with Crippen molar-refractivity contribution in [2.75, 3.05) is 5.32 Å². The first-order valence-electron chi connectivity index (χ1n) is 5.11. The Hall–Kier alpha value is -1.86. The monoisotopic (exact) mass is 287 g/mol. The summed E-state index contributed by atoms with van der Waals surface area (Å²) in [5.41, 5.74) is 1.75. The number of para-hydroxylation sites is 1. The number of nitrogens with one attached hydrogen (secondary N) is 1. The summed E-state index contributed by atoms with van der Waals surface area (Å²) in [6.45, 7) is 0. The van der Waals surface area contributed by atoms with Crippen LogP contribution in [-0.4, -0.2) is 4.98 Å². The molecule has 0 saturated heterocycles. The lowest BCUT2D eigenvalue weighted by Gasteiger charge is -2.12. The van der Waals surface area contributed by atoms with Gasteiger partial charge in [0.1, 0.15) is 6.04 Å². The van der Waals surface area contributed by atoms with Gasteiger partial charge in [0, 0.05) is 28.1 Å². The van der Waals surface area contributed by atoms with Gasteiger partial charge in [-0.1, -0.05) is 18.2 Å². The molecular formula is C13H10BrN3. The van der Waals surface area contributed by atoms with Crippen molar-refractivity contribution in [2.45, 2.75) is 6.04 Å². The van der Waals surface area contributed by atoms with Crippen molar-refractivity contribution in [3.05, 3.63) is 58.8 Å². The molecule has 1 N–H and O–H groups in total. The highest BCUT2D eigenvalue weighted by Crippen LogP contribution is 2.20. The zero-order valence-electron chi connectivity index (χ0n) is 8.97. The number of aromatic nitrogens is 1. The van der Waals surface area contributed by atoms with Gasteiger partial charge in [-0.25, -0.2) is 0 Å². The van der Waals surface area contributed by atoms with Crippen LogP contribution in [0, 0.1) is 11.3 Å². The molecule has 0 saturated carbocycles. The average Bonchev–Trinajstić information content (AvgIpc) is 2.37. The Labute approximate surface area is 108 Å². The second-order valence-electron chi connectivity index (χ2n) is 3.51. The van der Waals surface area contributed by atoms with Crippen molar-refractivity contribution in [3.8, 4) is 6.07 Å². The van der Waals surface area contributed by atoms with Gasteiger partial charge in [0.05, 0.1) is 6.07 Å². The van der Waals surface area contributed by atoms with E-state index in [-0.39, 0.29) is 0 Å². The largest absolute Gasteiger partial charge is 0.366 e. The number of pyridine rings is 1. The summed E-state index contributed by atoms with van der Waals surface area (Å²) in [5.74, 6) is 0. The van der Waals surface area contributed by atoms with Gasteiger partial charge >= 0.3 is 0 Å². The van der Waals surface area contributed by atoms with E-state index in [1.807, 2.05) is 36.4 Å². The fourth-order valence-corrected chi connectivity index (χ4v) is 1.86. The van der Waals surface area contributed by atoms with E-state index in [4.69, 9.17) is 0 Å². The lowest BCUT2D eigenvalue weighted by molar-refractivity contribution is 0.979. The molecule has 2 rings (SSSR count). The Kier molecular flexibility index (Phi) is 3.73. The van der Waals surface area contributed by atoms with Crippen molar-refractivity contribution < 1.29 is 0 Å². The molecule has 0 amide bonds. The quantitative estimate of drug-likeness (QED) is 0.940. The predicted molar refractivity (Wildman–Crippen MR) is 70.4 cm³/mol. The van der Waals surface area contributed by atoms with E-state index < -0.39 is 6.04 Å². The molecular weight excluding hydrogens is 278 g/mol. The molecule has 3 nitrogen and oxygen atoms in total. The number of benzene rings is 1. The zero-order valence-corrected chi connectivity index (χ0v) is 10.6. The van der Waals surface area contributed by atoms with E-state index in [0.717, 1.165) is 15.7 Å². The van der Waals surface area contributed by atoms with Crippen molar-refractivity contribution in [2.24, 2.45) is 0 Å². The fourth-order valence-electron chi connectivity index (χ4n) is 1.48. The molecule has 4 heteroatoms. The van der Waals surface area contributed by atoms with E-state index in [0.29, 0.717) is 0 Å². The highest BCUT2D eigenvalue weighted by Gasteiger charge is 2.10. The van der Waals surface area contributed by atoms with Gasteiger partial charge in [0.25, 0.3) is 0 Å². The molecule has 2 aromatic rings. The van der Waals surface area contributed by atoms with E-state index in [1.54, 1.807) is 12.4 Å². The Bertz CT molecular complexity index is 534.